The minimum Gasteiger partial charge on any atom is -0.458 e. The summed E-state index contributed by atoms with van der Waals surface area (Å²) in [5.74, 6) is 1.68. The third-order valence-corrected chi connectivity index (χ3v) is 5.12. The van der Waals surface area contributed by atoms with Crippen molar-refractivity contribution in [1.82, 2.24) is 0 Å². The maximum absolute atomic E-state index is 12.3. The summed E-state index contributed by atoms with van der Waals surface area (Å²) in [6, 6.07) is 9.97. The molecule has 1 aromatic carbocycles. The topological polar surface area (TPSA) is 26.3 Å². The summed E-state index contributed by atoms with van der Waals surface area (Å²) in [5.41, 5.74) is 1.07. The molecule has 0 heterocycles. The van der Waals surface area contributed by atoms with E-state index in [4.69, 9.17) is 4.74 Å². The Morgan fingerprint density at radius 2 is 1.76 bits per heavy atom. The van der Waals surface area contributed by atoms with Crippen molar-refractivity contribution in [1.29, 1.82) is 0 Å². The third-order valence-electron chi connectivity index (χ3n) is 5.12. The average molecular weight is 288 g/mol. The summed E-state index contributed by atoms with van der Waals surface area (Å²) in [6.45, 7) is 6.55. The van der Waals surface area contributed by atoms with Crippen LogP contribution in [0.15, 0.2) is 30.3 Å². The molecule has 2 atom stereocenters. The fourth-order valence-electron chi connectivity index (χ4n) is 3.32. The summed E-state index contributed by atoms with van der Waals surface area (Å²) in [4.78, 5) is 12.3. The van der Waals surface area contributed by atoms with Crippen LogP contribution in [0.3, 0.4) is 0 Å². The molecule has 0 radical (unpaired) electrons. The molecule has 1 aliphatic carbocycles. The van der Waals surface area contributed by atoms with E-state index in [0.717, 1.165) is 30.2 Å². The predicted molar refractivity (Wildman–Crippen MR) is 85.9 cm³/mol. The number of ether oxygens (including phenoxy) is 1. The standard InChI is InChI=1S/C19H28O2/c1-4-14(2)16-10-12-18(13-11-16)19(20)21-15(3)17-8-6-5-7-9-17/h5-9,14-16,18H,4,10-13H2,1-3H3. The highest BCUT2D eigenvalue weighted by Crippen LogP contribution is 2.35. The van der Waals surface area contributed by atoms with Gasteiger partial charge in [-0.2, -0.15) is 0 Å². The molecule has 2 rings (SSSR count). The Kier molecular flexibility index (Phi) is 5.84. The second kappa shape index (κ2) is 7.63. The van der Waals surface area contributed by atoms with Gasteiger partial charge in [0.15, 0.2) is 0 Å². The van der Waals surface area contributed by atoms with Gasteiger partial charge in [-0.25, -0.2) is 0 Å². The number of benzene rings is 1. The first-order valence-corrected chi connectivity index (χ1v) is 8.37. The molecule has 116 valence electrons. The maximum Gasteiger partial charge on any atom is 0.309 e. The molecule has 2 unspecified atom stereocenters. The van der Waals surface area contributed by atoms with Crippen LogP contribution in [0.5, 0.6) is 0 Å². The zero-order valence-corrected chi connectivity index (χ0v) is 13.5. The molecule has 21 heavy (non-hydrogen) atoms. The lowest BCUT2D eigenvalue weighted by Gasteiger charge is -2.31. The van der Waals surface area contributed by atoms with Crippen LogP contribution in [0.25, 0.3) is 0 Å². The predicted octanol–water partition coefficient (Wildman–Crippen LogP) is 5.14. The first-order chi connectivity index (χ1) is 10.1. The molecule has 0 aromatic heterocycles. The normalized spacial score (nSPS) is 25.1. The minimum absolute atomic E-state index is 0.00560. The van der Waals surface area contributed by atoms with Crippen molar-refractivity contribution in [2.24, 2.45) is 17.8 Å². The molecule has 1 fully saturated rings. The van der Waals surface area contributed by atoms with Gasteiger partial charge in [0.1, 0.15) is 6.10 Å². The lowest BCUT2D eigenvalue weighted by molar-refractivity contribution is -0.155. The van der Waals surface area contributed by atoms with Gasteiger partial charge in [-0.05, 0) is 50.0 Å². The molecule has 0 spiro atoms. The van der Waals surface area contributed by atoms with E-state index in [1.165, 1.54) is 19.3 Å². The van der Waals surface area contributed by atoms with E-state index in [-0.39, 0.29) is 18.0 Å². The fourth-order valence-corrected chi connectivity index (χ4v) is 3.32. The zero-order chi connectivity index (χ0) is 15.2. The summed E-state index contributed by atoms with van der Waals surface area (Å²) < 4.78 is 5.66. The number of esters is 1. The molecule has 1 aliphatic rings. The summed E-state index contributed by atoms with van der Waals surface area (Å²) in [5, 5.41) is 0. The van der Waals surface area contributed by atoms with E-state index >= 15 is 0 Å². The number of rotatable bonds is 5. The fraction of sp³-hybridized carbons (Fsp3) is 0.632. The monoisotopic (exact) mass is 288 g/mol. The summed E-state index contributed by atoms with van der Waals surface area (Å²) >= 11 is 0. The average Bonchev–Trinajstić information content (AvgIpc) is 2.55. The first kappa shape index (κ1) is 16.1. The van der Waals surface area contributed by atoms with Gasteiger partial charge in [0.2, 0.25) is 0 Å². The molecule has 0 aliphatic heterocycles. The van der Waals surface area contributed by atoms with Crippen molar-refractivity contribution >= 4 is 5.97 Å². The van der Waals surface area contributed by atoms with E-state index < -0.39 is 0 Å². The molecule has 0 amide bonds. The molecule has 2 heteroatoms. The van der Waals surface area contributed by atoms with Crippen molar-refractivity contribution in [3.63, 3.8) is 0 Å². The van der Waals surface area contributed by atoms with E-state index in [2.05, 4.69) is 13.8 Å². The highest BCUT2D eigenvalue weighted by Gasteiger charge is 2.30. The van der Waals surface area contributed by atoms with Crippen LogP contribution >= 0.6 is 0 Å². The quantitative estimate of drug-likeness (QED) is 0.701. The number of carbonyl (C=O) groups excluding carboxylic acids is 1. The Morgan fingerprint density at radius 1 is 1.14 bits per heavy atom. The molecular formula is C19H28O2. The van der Waals surface area contributed by atoms with Crippen molar-refractivity contribution in [3.8, 4) is 0 Å². The van der Waals surface area contributed by atoms with Gasteiger partial charge < -0.3 is 4.74 Å². The summed E-state index contributed by atoms with van der Waals surface area (Å²) in [7, 11) is 0. The number of hydrogen-bond donors (Lipinski definition) is 0. The van der Waals surface area contributed by atoms with Crippen LogP contribution in [0, 0.1) is 17.8 Å². The summed E-state index contributed by atoms with van der Waals surface area (Å²) in [6.07, 6.45) is 5.43. The SMILES string of the molecule is CCC(C)C1CCC(C(=O)OC(C)c2ccccc2)CC1. The highest BCUT2D eigenvalue weighted by atomic mass is 16.5. The van der Waals surface area contributed by atoms with E-state index in [9.17, 15) is 4.79 Å². The van der Waals surface area contributed by atoms with Crippen LogP contribution in [0.1, 0.15) is 64.5 Å². The molecular weight excluding hydrogens is 260 g/mol. The Labute approximate surface area is 128 Å². The lowest BCUT2D eigenvalue weighted by atomic mass is 9.75. The Balaban J connectivity index is 1.82. The van der Waals surface area contributed by atoms with E-state index in [0.29, 0.717) is 0 Å². The van der Waals surface area contributed by atoms with Crippen LogP contribution < -0.4 is 0 Å². The largest absolute Gasteiger partial charge is 0.458 e. The van der Waals surface area contributed by atoms with Gasteiger partial charge in [0, 0.05) is 0 Å². The molecule has 1 saturated carbocycles. The Morgan fingerprint density at radius 3 is 2.33 bits per heavy atom. The molecule has 2 nitrogen and oxygen atoms in total. The van der Waals surface area contributed by atoms with Crippen LogP contribution in [-0.2, 0) is 9.53 Å². The van der Waals surface area contributed by atoms with Crippen molar-refractivity contribution in [3.05, 3.63) is 35.9 Å². The second-order valence-corrected chi connectivity index (χ2v) is 6.49. The third kappa shape index (κ3) is 4.33. The van der Waals surface area contributed by atoms with E-state index in [1.54, 1.807) is 0 Å². The van der Waals surface area contributed by atoms with Gasteiger partial charge in [0.25, 0.3) is 0 Å². The molecule has 0 N–H and O–H groups in total. The Bertz CT molecular complexity index is 432. The smallest absolute Gasteiger partial charge is 0.309 e. The van der Waals surface area contributed by atoms with Gasteiger partial charge in [-0.15, -0.1) is 0 Å². The van der Waals surface area contributed by atoms with Gasteiger partial charge in [-0.1, -0.05) is 50.6 Å². The second-order valence-electron chi connectivity index (χ2n) is 6.49. The molecule has 1 aromatic rings. The Hall–Kier alpha value is -1.31. The highest BCUT2D eigenvalue weighted by molar-refractivity contribution is 5.72. The molecule has 0 bridgehead atoms. The van der Waals surface area contributed by atoms with Crippen molar-refractivity contribution in [2.45, 2.75) is 59.0 Å². The first-order valence-electron chi connectivity index (χ1n) is 8.37. The van der Waals surface area contributed by atoms with Gasteiger partial charge >= 0.3 is 5.97 Å². The van der Waals surface area contributed by atoms with Crippen LogP contribution in [-0.4, -0.2) is 5.97 Å². The van der Waals surface area contributed by atoms with E-state index in [1.807, 2.05) is 37.3 Å². The number of carbonyl (C=O) groups is 1. The zero-order valence-electron chi connectivity index (χ0n) is 13.5. The van der Waals surface area contributed by atoms with Gasteiger partial charge in [0.05, 0.1) is 5.92 Å². The van der Waals surface area contributed by atoms with Crippen LogP contribution in [0.2, 0.25) is 0 Å². The van der Waals surface area contributed by atoms with Crippen molar-refractivity contribution < 1.29 is 9.53 Å². The molecule has 0 saturated heterocycles. The van der Waals surface area contributed by atoms with Crippen LogP contribution in [0.4, 0.5) is 0 Å². The number of hydrogen-bond acceptors (Lipinski definition) is 2. The lowest BCUT2D eigenvalue weighted by Crippen LogP contribution is -2.26. The minimum atomic E-state index is -0.147. The maximum atomic E-state index is 12.3. The van der Waals surface area contributed by atoms with Gasteiger partial charge in [-0.3, -0.25) is 4.79 Å². The van der Waals surface area contributed by atoms with Crippen molar-refractivity contribution in [2.75, 3.05) is 0 Å².